The van der Waals surface area contributed by atoms with Gasteiger partial charge in [0.25, 0.3) is 0 Å². The number of ether oxygens (including phenoxy) is 1. The molecule has 0 atom stereocenters. The van der Waals surface area contributed by atoms with Crippen LogP contribution >= 0.6 is 0 Å². The fraction of sp³-hybridized carbons (Fsp3) is 0.700. The van der Waals surface area contributed by atoms with Crippen LogP contribution in [0.25, 0.3) is 0 Å². The van der Waals surface area contributed by atoms with E-state index in [1.165, 1.54) is 0 Å². The Labute approximate surface area is 81.2 Å². The average Bonchev–Trinajstić information content (AvgIpc) is 2.06. The van der Waals surface area contributed by atoms with Crippen molar-refractivity contribution in [3.8, 4) is 0 Å². The molecule has 0 radical (unpaired) electrons. The third-order valence-corrected chi connectivity index (χ3v) is 1.08. The SMILES string of the molecule is C=C(C)C(=O)OCCCC.CNC. The third kappa shape index (κ3) is 14.1. The molecule has 0 aliphatic heterocycles. The summed E-state index contributed by atoms with van der Waals surface area (Å²) < 4.78 is 4.81. The zero-order valence-corrected chi connectivity index (χ0v) is 9.14. The Morgan fingerprint density at radius 1 is 1.46 bits per heavy atom. The number of rotatable bonds is 4. The van der Waals surface area contributed by atoms with Crippen LogP contribution in [0.2, 0.25) is 0 Å². The lowest BCUT2D eigenvalue weighted by atomic mass is 10.3. The van der Waals surface area contributed by atoms with E-state index in [0.29, 0.717) is 12.2 Å². The van der Waals surface area contributed by atoms with E-state index >= 15 is 0 Å². The van der Waals surface area contributed by atoms with Gasteiger partial charge in [0.1, 0.15) is 0 Å². The van der Waals surface area contributed by atoms with Crippen molar-refractivity contribution >= 4 is 5.97 Å². The molecule has 0 fully saturated rings. The number of unbranched alkanes of at least 4 members (excludes halogenated alkanes) is 1. The lowest BCUT2D eigenvalue weighted by Gasteiger charge is -2.01. The average molecular weight is 187 g/mol. The highest BCUT2D eigenvalue weighted by molar-refractivity contribution is 5.86. The van der Waals surface area contributed by atoms with Crippen molar-refractivity contribution in [3.05, 3.63) is 12.2 Å². The maximum atomic E-state index is 10.7. The first-order valence-electron chi connectivity index (χ1n) is 4.51. The third-order valence-electron chi connectivity index (χ3n) is 1.08. The minimum absolute atomic E-state index is 0.284. The molecule has 0 rings (SSSR count). The second-order valence-corrected chi connectivity index (χ2v) is 2.77. The van der Waals surface area contributed by atoms with Crippen LogP contribution in [0.4, 0.5) is 0 Å². The van der Waals surface area contributed by atoms with Crippen LogP contribution in [-0.2, 0) is 9.53 Å². The first-order valence-corrected chi connectivity index (χ1v) is 4.51. The Bertz CT molecular complexity index is 144. The van der Waals surface area contributed by atoms with Crippen molar-refractivity contribution in [2.24, 2.45) is 0 Å². The molecule has 0 heterocycles. The zero-order chi connectivity index (χ0) is 10.7. The van der Waals surface area contributed by atoms with Crippen LogP contribution in [0.1, 0.15) is 26.7 Å². The summed E-state index contributed by atoms with van der Waals surface area (Å²) >= 11 is 0. The minimum atomic E-state index is -0.284. The van der Waals surface area contributed by atoms with E-state index in [2.05, 4.69) is 18.8 Å². The van der Waals surface area contributed by atoms with E-state index in [1.807, 2.05) is 14.1 Å². The van der Waals surface area contributed by atoms with Crippen LogP contribution in [0.5, 0.6) is 0 Å². The van der Waals surface area contributed by atoms with Gasteiger partial charge in [-0.25, -0.2) is 4.79 Å². The highest BCUT2D eigenvalue weighted by Gasteiger charge is 2.00. The van der Waals surface area contributed by atoms with E-state index in [1.54, 1.807) is 6.92 Å². The number of hydrogen-bond donors (Lipinski definition) is 1. The van der Waals surface area contributed by atoms with Gasteiger partial charge >= 0.3 is 5.97 Å². The Hall–Kier alpha value is -0.830. The summed E-state index contributed by atoms with van der Waals surface area (Å²) in [6, 6.07) is 0. The van der Waals surface area contributed by atoms with E-state index in [9.17, 15) is 4.79 Å². The van der Waals surface area contributed by atoms with Gasteiger partial charge in [-0.2, -0.15) is 0 Å². The van der Waals surface area contributed by atoms with Gasteiger partial charge in [0.2, 0.25) is 0 Å². The molecular formula is C10H21NO2. The molecular weight excluding hydrogens is 166 g/mol. The topological polar surface area (TPSA) is 38.3 Å². The lowest BCUT2D eigenvalue weighted by molar-refractivity contribution is -0.139. The largest absolute Gasteiger partial charge is 0.462 e. The number of esters is 1. The highest BCUT2D eigenvalue weighted by Crippen LogP contribution is 1.94. The smallest absolute Gasteiger partial charge is 0.333 e. The molecule has 0 unspecified atom stereocenters. The van der Waals surface area contributed by atoms with Crippen molar-refractivity contribution in [3.63, 3.8) is 0 Å². The lowest BCUT2D eigenvalue weighted by Crippen LogP contribution is -2.05. The molecule has 0 aromatic carbocycles. The Kier molecular flexibility index (Phi) is 12.6. The number of hydrogen-bond acceptors (Lipinski definition) is 3. The van der Waals surface area contributed by atoms with Crippen molar-refractivity contribution in [1.82, 2.24) is 5.32 Å². The standard InChI is InChI=1S/C8H14O2.C2H7N/c1-4-5-6-10-8(9)7(2)3;1-3-2/h2,4-6H2,1,3H3;3H,1-2H3. The normalized spacial score (nSPS) is 8.31. The molecule has 0 saturated heterocycles. The van der Waals surface area contributed by atoms with E-state index in [0.717, 1.165) is 12.8 Å². The van der Waals surface area contributed by atoms with Gasteiger partial charge in [-0.1, -0.05) is 19.9 Å². The quantitative estimate of drug-likeness (QED) is 0.414. The van der Waals surface area contributed by atoms with Crippen LogP contribution in [0.3, 0.4) is 0 Å². The molecule has 0 aliphatic carbocycles. The van der Waals surface area contributed by atoms with Crippen molar-refractivity contribution in [2.75, 3.05) is 20.7 Å². The summed E-state index contributed by atoms with van der Waals surface area (Å²) in [6.07, 6.45) is 1.97. The number of carbonyl (C=O) groups is 1. The van der Waals surface area contributed by atoms with Crippen molar-refractivity contribution in [1.29, 1.82) is 0 Å². The first-order chi connectivity index (χ1) is 6.09. The Morgan fingerprint density at radius 2 is 1.92 bits per heavy atom. The van der Waals surface area contributed by atoms with Crippen LogP contribution in [-0.4, -0.2) is 26.7 Å². The van der Waals surface area contributed by atoms with Gasteiger partial charge in [-0.05, 0) is 27.4 Å². The molecule has 3 heteroatoms. The van der Waals surface area contributed by atoms with Gasteiger partial charge in [-0.15, -0.1) is 0 Å². The van der Waals surface area contributed by atoms with Gasteiger partial charge in [0, 0.05) is 5.57 Å². The second-order valence-electron chi connectivity index (χ2n) is 2.77. The predicted molar refractivity (Wildman–Crippen MR) is 55.7 cm³/mol. The molecule has 0 aromatic heterocycles. The molecule has 13 heavy (non-hydrogen) atoms. The van der Waals surface area contributed by atoms with Gasteiger partial charge in [0.05, 0.1) is 6.61 Å². The first kappa shape index (κ1) is 14.7. The number of nitrogens with one attached hydrogen (secondary N) is 1. The molecule has 0 aromatic rings. The fourth-order valence-electron chi connectivity index (χ4n) is 0.432. The van der Waals surface area contributed by atoms with Crippen molar-refractivity contribution < 1.29 is 9.53 Å². The monoisotopic (exact) mass is 187 g/mol. The summed E-state index contributed by atoms with van der Waals surface area (Å²) in [5.41, 5.74) is 0.469. The zero-order valence-electron chi connectivity index (χ0n) is 9.14. The summed E-state index contributed by atoms with van der Waals surface area (Å²) in [6.45, 7) is 7.67. The molecule has 0 aliphatic rings. The predicted octanol–water partition coefficient (Wildman–Crippen LogP) is 1.74. The molecule has 0 bridgehead atoms. The molecule has 3 nitrogen and oxygen atoms in total. The summed E-state index contributed by atoms with van der Waals surface area (Å²) in [4.78, 5) is 10.7. The Balaban J connectivity index is 0. The van der Waals surface area contributed by atoms with E-state index < -0.39 is 0 Å². The molecule has 78 valence electrons. The van der Waals surface area contributed by atoms with E-state index in [-0.39, 0.29) is 5.97 Å². The maximum Gasteiger partial charge on any atom is 0.333 e. The molecule has 0 spiro atoms. The van der Waals surface area contributed by atoms with Crippen LogP contribution < -0.4 is 5.32 Å². The molecule has 0 amide bonds. The maximum absolute atomic E-state index is 10.7. The van der Waals surface area contributed by atoms with Crippen molar-refractivity contribution in [2.45, 2.75) is 26.7 Å². The van der Waals surface area contributed by atoms with Gasteiger partial charge < -0.3 is 10.1 Å². The van der Waals surface area contributed by atoms with Crippen LogP contribution in [0, 0.1) is 0 Å². The number of carbonyl (C=O) groups excluding carboxylic acids is 1. The fourth-order valence-corrected chi connectivity index (χ4v) is 0.432. The molecule has 1 N–H and O–H groups in total. The van der Waals surface area contributed by atoms with E-state index in [4.69, 9.17) is 4.74 Å². The summed E-state index contributed by atoms with van der Waals surface area (Å²) in [5.74, 6) is -0.284. The second kappa shape index (κ2) is 11.2. The Morgan fingerprint density at radius 3 is 2.23 bits per heavy atom. The highest BCUT2D eigenvalue weighted by atomic mass is 16.5. The summed E-state index contributed by atoms with van der Waals surface area (Å²) in [7, 11) is 3.75. The molecule has 0 saturated carbocycles. The minimum Gasteiger partial charge on any atom is -0.462 e. The summed E-state index contributed by atoms with van der Waals surface area (Å²) in [5, 5.41) is 2.75. The van der Waals surface area contributed by atoms with Gasteiger partial charge in [-0.3, -0.25) is 0 Å². The van der Waals surface area contributed by atoms with Gasteiger partial charge in [0.15, 0.2) is 0 Å². The van der Waals surface area contributed by atoms with Crippen LogP contribution in [0.15, 0.2) is 12.2 Å².